The molecule has 2 N–H and O–H groups in total. The molecule has 0 saturated heterocycles. The van der Waals surface area contributed by atoms with E-state index in [1.807, 2.05) is 39.8 Å². The van der Waals surface area contributed by atoms with Crippen LogP contribution in [0.15, 0.2) is 47.3 Å². The molecule has 2 aromatic carbocycles. The molecule has 0 aromatic heterocycles. The second kappa shape index (κ2) is 9.47. The van der Waals surface area contributed by atoms with E-state index < -0.39 is 11.6 Å². The number of halogens is 2. The SMILES string of the molecule is COC1=C(c2ccc(F)c(F)c2)Oc2c(CC=C(C)C)c(O)c(CC=C(C)C)c(O)c2C1. The zero-order valence-electron chi connectivity index (χ0n) is 19.0. The molecule has 4 nitrogen and oxygen atoms in total. The Balaban J connectivity index is 2.21. The molecule has 2 aromatic rings. The topological polar surface area (TPSA) is 58.9 Å². The van der Waals surface area contributed by atoms with Crippen LogP contribution in [-0.2, 0) is 24.0 Å². The summed E-state index contributed by atoms with van der Waals surface area (Å²) in [4.78, 5) is 0. The average Bonchev–Trinajstić information content (AvgIpc) is 2.74. The van der Waals surface area contributed by atoms with Crippen molar-refractivity contribution in [3.8, 4) is 17.2 Å². The highest BCUT2D eigenvalue weighted by atomic mass is 19.2. The summed E-state index contributed by atoms with van der Waals surface area (Å²) in [5, 5.41) is 22.1. The number of hydrogen-bond acceptors (Lipinski definition) is 4. The van der Waals surface area contributed by atoms with Gasteiger partial charge in [0.1, 0.15) is 23.0 Å². The maximum atomic E-state index is 13.9. The Morgan fingerprint density at radius 3 is 2.16 bits per heavy atom. The fourth-order valence-electron chi connectivity index (χ4n) is 3.58. The first-order valence-corrected chi connectivity index (χ1v) is 10.4. The number of ether oxygens (including phenoxy) is 2. The van der Waals surface area contributed by atoms with Crippen LogP contribution in [0.5, 0.6) is 17.2 Å². The number of rotatable bonds is 6. The van der Waals surface area contributed by atoms with E-state index in [0.29, 0.717) is 46.6 Å². The molecule has 0 saturated carbocycles. The third-order valence-electron chi connectivity index (χ3n) is 5.34. The van der Waals surface area contributed by atoms with Gasteiger partial charge in [-0.25, -0.2) is 8.78 Å². The number of methoxy groups -OCH3 is 1. The summed E-state index contributed by atoms with van der Waals surface area (Å²) in [6, 6.07) is 3.45. The Morgan fingerprint density at radius 1 is 0.969 bits per heavy atom. The number of phenolic OH excluding ortho intramolecular Hbond substituents is 2. The minimum atomic E-state index is -1.01. The second-order valence-corrected chi connectivity index (χ2v) is 8.30. The summed E-state index contributed by atoms with van der Waals surface area (Å²) in [5.41, 5.74) is 3.83. The summed E-state index contributed by atoms with van der Waals surface area (Å²) in [6.07, 6.45) is 4.79. The van der Waals surface area contributed by atoms with Crippen LogP contribution in [0, 0.1) is 11.6 Å². The van der Waals surface area contributed by atoms with E-state index in [1.165, 1.54) is 13.2 Å². The Hall–Kier alpha value is -3.28. The molecular weight excluding hydrogens is 414 g/mol. The molecule has 3 rings (SSSR count). The van der Waals surface area contributed by atoms with Gasteiger partial charge in [0.2, 0.25) is 0 Å². The lowest BCUT2D eigenvalue weighted by Gasteiger charge is -2.27. The number of aromatic hydroxyl groups is 2. The van der Waals surface area contributed by atoms with E-state index in [0.717, 1.165) is 23.3 Å². The van der Waals surface area contributed by atoms with Crippen LogP contribution in [-0.4, -0.2) is 17.3 Å². The van der Waals surface area contributed by atoms with E-state index in [2.05, 4.69) is 0 Å². The largest absolute Gasteiger partial charge is 0.507 e. The number of hydrogen-bond donors (Lipinski definition) is 2. The summed E-state index contributed by atoms with van der Waals surface area (Å²) >= 11 is 0. The monoisotopic (exact) mass is 442 g/mol. The molecule has 0 radical (unpaired) electrons. The molecule has 0 amide bonds. The van der Waals surface area contributed by atoms with Gasteiger partial charge >= 0.3 is 0 Å². The van der Waals surface area contributed by atoms with Gasteiger partial charge in [-0.1, -0.05) is 23.3 Å². The van der Waals surface area contributed by atoms with Crippen LogP contribution in [0.3, 0.4) is 0 Å². The summed E-state index contributed by atoms with van der Waals surface area (Å²) in [6.45, 7) is 7.79. The van der Waals surface area contributed by atoms with Crippen LogP contribution >= 0.6 is 0 Å². The lowest BCUT2D eigenvalue weighted by molar-refractivity contribution is 0.263. The van der Waals surface area contributed by atoms with Crippen molar-refractivity contribution in [2.75, 3.05) is 7.11 Å². The first-order valence-electron chi connectivity index (χ1n) is 10.4. The minimum Gasteiger partial charge on any atom is -0.507 e. The van der Waals surface area contributed by atoms with Crippen LogP contribution < -0.4 is 4.74 Å². The number of allylic oxidation sites excluding steroid dienone is 5. The Kier molecular flexibility index (Phi) is 6.92. The summed E-state index contributed by atoms with van der Waals surface area (Å²) in [7, 11) is 1.45. The third-order valence-corrected chi connectivity index (χ3v) is 5.34. The van der Waals surface area contributed by atoms with E-state index in [1.54, 1.807) is 0 Å². The number of phenols is 2. The van der Waals surface area contributed by atoms with Crippen molar-refractivity contribution >= 4 is 5.76 Å². The maximum Gasteiger partial charge on any atom is 0.172 e. The van der Waals surface area contributed by atoms with Gasteiger partial charge in [0.05, 0.1) is 7.11 Å². The molecule has 0 bridgehead atoms. The normalized spacial score (nSPS) is 12.7. The highest BCUT2D eigenvalue weighted by Crippen LogP contribution is 2.48. The molecule has 0 aliphatic carbocycles. The molecule has 1 heterocycles. The van der Waals surface area contributed by atoms with Crippen LogP contribution in [0.25, 0.3) is 5.76 Å². The number of benzene rings is 2. The highest BCUT2D eigenvalue weighted by Gasteiger charge is 2.31. The zero-order valence-corrected chi connectivity index (χ0v) is 19.0. The van der Waals surface area contributed by atoms with Crippen LogP contribution in [0.2, 0.25) is 0 Å². The van der Waals surface area contributed by atoms with E-state index >= 15 is 0 Å². The molecule has 170 valence electrons. The summed E-state index contributed by atoms with van der Waals surface area (Å²) < 4.78 is 39.0. The Labute approximate surface area is 187 Å². The Bertz CT molecular complexity index is 1140. The molecule has 32 heavy (non-hydrogen) atoms. The average molecular weight is 443 g/mol. The molecule has 0 fully saturated rings. The van der Waals surface area contributed by atoms with Crippen molar-refractivity contribution in [2.45, 2.75) is 47.0 Å². The van der Waals surface area contributed by atoms with Crippen molar-refractivity contribution in [3.63, 3.8) is 0 Å². The number of fused-ring (bicyclic) bond motifs is 1. The Morgan fingerprint density at radius 2 is 1.59 bits per heavy atom. The van der Waals surface area contributed by atoms with Gasteiger partial charge < -0.3 is 19.7 Å². The first-order chi connectivity index (χ1) is 15.1. The smallest absolute Gasteiger partial charge is 0.172 e. The highest BCUT2D eigenvalue weighted by molar-refractivity contribution is 5.73. The zero-order chi connectivity index (χ0) is 23.6. The van der Waals surface area contributed by atoms with Crippen molar-refractivity contribution in [2.24, 2.45) is 0 Å². The van der Waals surface area contributed by atoms with E-state index in [-0.39, 0.29) is 23.7 Å². The van der Waals surface area contributed by atoms with Gasteiger partial charge in [0.25, 0.3) is 0 Å². The first kappa shape index (κ1) is 23.4. The fourth-order valence-corrected chi connectivity index (χ4v) is 3.58. The quantitative estimate of drug-likeness (QED) is 0.512. The van der Waals surface area contributed by atoms with E-state index in [4.69, 9.17) is 9.47 Å². The predicted molar refractivity (Wildman–Crippen MR) is 121 cm³/mol. The van der Waals surface area contributed by atoms with Crippen molar-refractivity contribution in [3.05, 3.63) is 81.1 Å². The third kappa shape index (κ3) is 4.64. The second-order valence-electron chi connectivity index (χ2n) is 8.30. The molecule has 6 heteroatoms. The molecular formula is C26H28F2O4. The minimum absolute atomic E-state index is 0.0400. The van der Waals surface area contributed by atoms with Gasteiger partial charge in [0.15, 0.2) is 17.4 Å². The van der Waals surface area contributed by atoms with Crippen LogP contribution in [0.1, 0.15) is 49.9 Å². The molecule has 1 aliphatic rings. The standard InChI is InChI=1S/C26H28F2O4/c1-14(2)6-9-17-23(29)18(10-7-15(3)4)26-19(24(17)30)13-22(31-5)25(32-26)16-8-11-20(27)21(28)12-16/h6-8,11-12,29-30H,9-10,13H2,1-5H3. The van der Waals surface area contributed by atoms with Gasteiger partial charge in [0, 0.05) is 28.7 Å². The molecule has 0 unspecified atom stereocenters. The van der Waals surface area contributed by atoms with Gasteiger partial charge in [-0.05, 0) is 58.7 Å². The lowest BCUT2D eigenvalue weighted by Crippen LogP contribution is -2.14. The van der Waals surface area contributed by atoms with Crippen molar-refractivity contribution < 1.29 is 28.5 Å². The van der Waals surface area contributed by atoms with E-state index in [9.17, 15) is 19.0 Å². The van der Waals surface area contributed by atoms with Crippen molar-refractivity contribution in [1.82, 2.24) is 0 Å². The maximum absolute atomic E-state index is 13.9. The summed E-state index contributed by atoms with van der Waals surface area (Å²) in [5.74, 6) is -1.19. The van der Waals surface area contributed by atoms with Gasteiger partial charge in [-0.15, -0.1) is 0 Å². The van der Waals surface area contributed by atoms with Crippen molar-refractivity contribution in [1.29, 1.82) is 0 Å². The fraction of sp³-hybridized carbons (Fsp3) is 0.308. The predicted octanol–water partition coefficient (Wildman–Crippen LogP) is 6.34. The molecule has 0 spiro atoms. The van der Waals surface area contributed by atoms with Gasteiger partial charge in [-0.2, -0.15) is 0 Å². The van der Waals surface area contributed by atoms with Gasteiger partial charge in [-0.3, -0.25) is 0 Å². The molecule has 1 aliphatic heterocycles. The lowest BCUT2D eigenvalue weighted by atomic mass is 9.91. The molecule has 0 atom stereocenters. The van der Waals surface area contributed by atoms with Crippen LogP contribution in [0.4, 0.5) is 8.78 Å².